The lowest BCUT2D eigenvalue weighted by atomic mass is 9.93. The molecule has 2 heterocycles. The molecular weight excluding hydrogens is 450 g/mol. The average molecular weight is 478 g/mol. The van der Waals surface area contributed by atoms with Gasteiger partial charge in [-0.1, -0.05) is 30.0 Å². The molecule has 2 aliphatic rings. The van der Waals surface area contributed by atoms with Gasteiger partial charge in [0.1, 0.15) is 5.75 Å². The monoisotopic (exact) mass is 477 g/mol. The van der Waals surface area contributed by atoms with Gasteiger partial charge in [-0.25, -0.2) is 9.79 Å². The number of hydrogen-bond donors (Lipinski definition) is 1. The summed E-state index contributed by atoms with van der Waals surface area (Å²) < 4.78 is 10.5. The van der Waals surface area contributed by atoms with Gasteiger partial charge in [-0.3, -0.25) is 4.79 Å². The normalized spacial score (nSPS) is 17.1. The quantitative estimate of drug-likeness (QED) is 0.584. The molecule has 34 heavy (non-hydrogen) atoms. The second kappa shape index (κ2) is 9.77. The summed E-state index contributed by atoms with van der Waals surface area (Å²) in [4.78, 5) is 32.4. The van der Waals surface area contributed by atoms with E-state index in [1.54, 1.807) is 14.0 Å². The topological polar surface area (TPSA) is 80.2 Å². The number of allylic oxidation sites excluding steroid dienone is 1. The van der Waals surface area contributed by atoms with Crippen molar-refractivity contribution in [3.05, 3.63) is 81.5 Å². The number of rotatable bonds is 6. The van der Waals surface area contributed by atoms with Crippen LogP contribution in [0.15, 0.2) is 69.8 Å². The first-order valence-corrected chi connectivity index (χ1v) is 11.7. The molecule has 0 aromatic heterocycles. The second-order valence-electron chi connectivity index (χ2n) is 8.19. The largest absolute Gasteiger partial charge is 0.497 e. The molecule has 0 fully saturated rings. The molecule has 7 nitrogen and oxygen atoms in total. The van der Waals surface area contributed by atoms with E-state index in [1.807, 2.05) is 66.6 Å². The van der Waals surface area contributed by atoms with Crippen LogP contribution < -0.4 is 10.1 Å². The Morgan fingerprint density at radius 3 is 2.59 bits per heavy atom. The lowest BCUT2D eigenvalue weighted by Gasteiger charge is -2.36. The number of ether oxygens (including phenoxy) is 2. The van der Waals surface area contributed by atoms with Crippen molar-refractivity contribution in [2.75, 3.05) is 19.5 Å². The minimum atomic E-state index is -0.495. The van der Waals surface area contributed by atoms with Gasteiger partial charge in [-0.15, -0.1) is 0 Å². The highest BCUT2D eigenvalue weighted by Crippen LogP contribution is 2.45. The summed E-state index contributed by atoms with van der Waals surface area (Å²) in [6, 6.07) is 12.9. The van der Waals surface area contributed by atoms with Gasteiger partial charge in [-0.05, 0) is 67.1 Å². The molecule has 0 unspecified atom stereocenters. The molecule has 8 heteroatoms. The van der Waals surface area contributed by atoms with Gasteiger partial charge in [0.2, 0.25) is 5.91 Å². The van der Waals surface area contributed by atoms with Crippen LogP contribution in [0.2, 0.25) is 0 Å². The second-order valence-corrected chi connectivity index (χ2v) is 9.02. The van der Waals surface area contributed by atoms with E-state index < -0.39 is 12.0 Å². The number of nitrogens with zero attached hydrogens (tertiary/aromatic N) is 2. The molecule has 0 saturated carbocycles. The Labute approximate surface area is 203 Å². The first-order chi connectivity index (χ1) is 16.3. The number of esters is 1. The Kier molecular flexibility index (Phi) is 6.79. The Morgan fingerprint density at radius 2 is 1.88 bits per heavy atom. The molecule has 176 valence electrons. The minimum absolute atomic E-state index is 0.132. The van der Waals surface area contributed by atoms with E-state index in [-0.39, 0.29) is 12.3 Å². The molecule has 2 aromatic carbocycles. The van der Waals surface area contributed by atoms with Crippen molar-refractivity contribution in [1.82, 2.24) is 4.90 Å². The number of benzene rings is 2. The number of nitrogens with one attached hydrogen (secondary N) is 1. The Balaban J connectivity index is 1.66. The first kappa shape index (κ1) is 23.6. The molecule has 0 bridgehead atoms. The average Bonchev–Trinajstić information content (AvgIpc) is 3.21. The molecule has 0 spiro atoms. The summed E-state index contributed by atoms with van der Waals surface area (Å²) in [5.74, 6) is 0.0730. The third-order valence-electron chi connectivity index (χ3n) is 5.95. The van der Waals surface area contributed by atoms with Crippen molar-refractivity contribution in [2.24, 2.45) is 4.99 Å². The zero-order valence-corrected chi connectivity index (χ0v) is 20.7. The molecule has 2 aliphatic heterocycles. The van der Waals surface area contributed by atoms with Crippen molar-refractivity contribution < 1.29 is 19.1 Å². The van der Waals surface area contributed by atoms with Gasteiger partial charge in [0, 0.05) is 11.4 Å². The number of amides is 1. The summed E-state index contributed by atoms with van der Waals surface area (Å²) in [7, 11) is 2.96. The lowest BCUT2D eigenvalue weighted by Crippen LogP contribution is -2.37. The number of hydrogen-bond acceptors (Lipinski definition) is 7. The van der Waals surface area contributed by atoms with Gasteiger partial charge in [-0.2, -0.15) is 0 Å². The Morgan fingerprint density at radius 1 is 1.09 bits per heavy atom. The number of aliphatic imine (C=N–C) groups is 1. The van der Waals surface area contributed by atoms with Crippen LogP contribution in [-0.4, -0.2) is 36.2 Å². The molecule has 1 atom stereocenters. The van der Waals surface area contributed by atoms with Crippen molar-refractivity contribution >= 4 is 34.5 Å². The molecule has 4 rings (SSSR count). The highest BCUT2D eigenvalue weighted by molar-refractivity contribution is 8.16. The summed E-state index contributed by atoms with van der Waals surface area (Å²) in [5, 5.41) is 5.61. The number of amidine groups is 1. The minimum Gasteiger partial charge on any atom is -0.497 e. The van der Waals surface area contributed by atoms with Gasteiger partial charge in [0.15, 0.2) is 5.17 Å². The van der Waals surface area contributed by atoms with Gasteiger partial charge < -0.3 is 19.7 Å². The smallest absolute Gasteiger partial charge is 0.338 e. The SMILES string of the molecule is COC(=O)C1=C(C)N=C2SC=C(CC(=O)Nc3ccc(C)c(C)c3)N2[C@@H]1c1cccc(OC)c1. The molecule has 0 saturated heterocycles. The van der Waals surface area contributed by atoms with E-state index in [0.29, 0.717) is 22.2 Å². The van der Waals surface area contributed by atoms with Crippen LogP contribution in [0.5, 0.6) is 5.75 Å². The first-order valence-electron chi connectivity index (χ1n) is 10.9. The number of aryl methyl sites for hydroxylation is 2. The maximum atomic E-state index is 13.0. The van der Waals surface area contributed by atoms with E-state index in [0.717, 1.165) is 22.5 Å². The van der Waals surface area contributed by atoms with Crippen molar-refractivity contribution in [3.63, 3.8) is 0 Å². The lowest BCUT2D eigenvalue weighted by molar-refractivity contribution is -0.136. The van der Waals surface area contributed by atoms with Crippen LogP contribution in [0.25, 0.3) is 0 Å². The van der Waals surface area contributed by atoms with Crippen LogP contribution in [0.4, 0.5) is 5.69 Å². The molecule has 1 N–H and O–H groups in total. The zero-order chi connectivity index (χ0) is 24.4. The molecule has 0 radical (unpaired) electrons. The summed E-state index contributed by atoms with van der Waals surface area (Å²) in [6.45, 7) is 5.85. The number of anilines is 1. The van der Waals surface area contributed by atoms with Gasteiger partial charge >= 0.3 is 5.97 Å². The molecule has 0 aliphatic carbocycles. The maximum absolute atomic E-state index is 13.0. The van der Waals surface area contributed by atoms with E-state index >= 15 is 0 Å². The van der Waals surface area contributed by atoms with Crippen molar-refractivity contribution in [2.45, 2.75) is 33.2 Å². The van der Waals surface area contributed by atoms with Crippen LogP contribution in [0, 0.1) is 13.8 Å². The standard InChI is InChI=1S/C26H27N3O4S/c1-15-9-10-19(11-16(15)2)28-22(30)13-20-14-34-26-27-17(3)23(25(31)33-5)24(29(20)26)18-7-6-8-21(12-18)32-4/h6-12,14,24H,13H2,1-5H3,(H,28,30)/t24-/m1/s1. The number of carbonyl (C=O) groups excluding carboxylic acids is 2. The molecule has 2 aromatic rings. The fraction of sp³-hybridized carbons (Fsp3) is 0.269. The fourth-order valence-corrected chi connectivity index (χ4v) is 5.02. The van der Waals surface area contributed by atoms with Crippen LogP contribution >= 0.6 is 11.8 Å². The van der Waals surface area contributed by atoms with E-state index in [2.05, 4.69) is 10.3 Å². The predicted octanol–water partition coefficient (Wildman–Crippen LogP) is 5.09. The van der Waals surface area contributed by atoms with Crippen LogP contribution in [0.3, 0.4) is 0 Å². The molecular formula is C26H27N3O4S. The summed E-state index contributed by atoms with van der Waals surface area (Å²) in [6.07, 6.45) is 0.132. The summed E-state index contributed by atoms with van der Waals surface area (Å²) in [5.41, 5.74) is 5.65. The molecule has 1 amide bonds. The van der Waals surface area contributed by atoms with Gasteiger partial charge in [0.05, 0.1) is 38.0 Å². The van der Waals surface area contributed by atoms with Crippen molar-refractivity contribution in [1.29, 1.82) is 0 Å². The van der Waals surface area contributed by atoms with Crippen LogP contribution in [-0.2, 0) is 14.3 Å². The predicted molar refractivity (Wildman–Crippen MR) is 135 cm³/mol. The zero-order valence-electron chi connectivity index (χ0n) is 19.8. The fourth-order valence-electron chi connectivity index (χ4n) is 4.06. The van der Waals surface area contributed by atoms with Crippen LogP contribution in [0.1, 0.15) is 36.1 Å². The number of thioether (sulfide) groups is 1. The highest BCUT2D eigenvalue weighted by atomic mass is 32.2. The maximum Gasteiger partial charge on any atom is 0.338 e. The third-order valence-corrected chi connectivity index (χ3v) is 6.84. The number of methoxy groups -OCH3 is 2. The Hall–Kier alpha value is -3.52. The van der Waals surface area contributed by atoms with Crippen molar-refractivity contribution in [3.8, 4) is 5.75 Å². The Bertz CT molecular complexity index is 1250. The number of carbonyl (C=O) groups is 2. The van der Waals surface area contributed by atoms with Gasteiger partial charge in [0.25, 0.3) is 0 Å². The summed E-state index contributed by atoms with van der Waals surface area (Å²) >= 11 is 1.44. The third kappa shape index (κ3) is 4.59. The van der Waals surface area contributed by atoms with E-state index in [1.165, 1.54) is 24.4 Å². The van der Waals surface area contributed by atoms with E-state index in [9.17, 15) is 9.59 Å². The van der Waals surface area contributed by atoms with E-state index in [4.69, 9.17) is 9.47 Å². The highest BCUT2D eigenvalue weighted by Gasteiger charge is 2.41. The number of fused-ring (bicyclic) bond motifs is 1.